The van der Waals surface area contributed by atoms with Gasteiger partial charge >= 0.3 is 44.3 Å². The molecule has 4 aliphatic heterocycles. The molecule has 4 saturated heterocycles. The first-order valence-corrected chi connectivity index (χ1v) is 38.9. The fourth-order valence-electron chi connectivity index (χ4n) is 11.0. The smallest absolute Gasteiger partial charge is 1.00 e. The summed E-state index contributed by atoms with van der Waals surface area (Å²) in [7, 11) is -4.10. The summed E-state index contributed by atoms with van der Waals surface area (Å²) in [5.41, 5.74) is 2.00. The molecule has 8 aromatic carbocycles. The van der Waals surface area contributed by atoms with E-state index in [1.165, 1.54) is 23.5 Å². The Morgan fingerprint density at radius 1 is 0.380 bits per heavy atom. The van der Waals surface area contributed by atoms with Crippen molar-refractivity contribution in [3.05, 3.63) is 276 Å². The van der Waals surface area contributed by atoms with Gasteiger partial charge in [-0.05, 0) is 113 Å². The SMILES string of the molecule is CC1(C)OP(=O)(Cl)OC1(C)C.CC1(C)OP(=O)(OC2C(Sc3ccccc3)OC(COCc3ccccc3)C(OCc3ccccc3)C2OCc2ccccc2)OC1(C)C.OC1C(Sc2ccccc2)OC(COCc2ccccc2)C(OCc2ccccc2)C1OCc1ccccc1.[H-].[Na+]. The van der Waals surface area contributed by atoms with Gasteiger partial charge in [-0.3, -0.25) is 22.6 Å². The summed E-state index contributed by atoms with van der Waals surface area (Å²) in [6, 6.07) is 79.7. The number of aliphatic hydroxyl groups is 1. The first-order chi connectivity index (χ1) is 47.5. The molecule has 4 aliphatic rings. The molecule has 100 heavy (non-hydrogen) atoms. The van der Waals surface area contributed by atoms with Gasteiger partial charge in [0.2, 0.25) is 0 Å². The molecule has 0 saturated carbocycles. The van der Waals surface area contributed by atoms with Crippen LogP contribution in [0.3, 0.4) is 0 Å². The maximum atomic E-state index is 14.4. The number of phosphoric ester groups is 1. The number of aliphatic hydroxyl groups excluding tert-OH is 1. The molecule has 12 rings (SSSR count). The van der Waals surface area contributed by atoms with Gasteiger partial charge in [0.15, 0.2) is 0 Å². The van der Waals surface area contributed by atoms with Crippen molar-refractivity contribution >= 4 is 49.5 Å². The number of phosphoric acid groups is 1. The van der Waals surface area contributed by atoms with Crippen LogP contribution in [-0.2, 0) is 109 Å². The predicted octanol–water partition coefficient (Wildman–Crippen LogP) is 15.3. The number of hydrogen-bond donors (Lipinski definition) is 1. The Balaban J connectivity index is 0.000000223. The minimum absolute atomic E-state index is 0. The van der Waals surface area contributed by atoms with Gasteiger partial charge in [0.1, 0.15) is 82.1 Å². The zero-order valence-electron chi connectivity index (χ0n) is 59.2. The average molecular weight is 1470 g/mol. The van der Waals surface area contributed by atoms with E-state index in [4.69, 9.17) is 71.8 Å². The summed E-state index contributed by atoms with van der Waals surface area (Å²) in [5, 5.41) is 11.6. The van der Waals surface area contributed by atoms with Crippen molar-refractivity contribution in [1.29, 1.82) is 0 Å². The Hall–Kier alpha value is -4.35. The normalized spacial score (nSPS) is 25.0. The first kappa shape index (κ1) is 79.8. The molecule has 0 aromatic heterocycles. The maximum absolute atomic E-state index is 14.4. The molecule has 1 N–H and O–H groups in total. The van der Waals surface area contributed by atoms with Gasteiger partial charge in [-0.15, -0.1) is 0 Å². The van der Waals surface area contributed by atoms with E-state index >= 15 is 0 Å². The molecule has 0 radical (unpaired) electrons. The second-order valence-electron chi connectivity index (χ2n) is 26.3. The number of ether oxygens (including phenoxy) is 8. The molecule has 16 nitrogen and oxygen atoms in total. The Morgan fingerprint density at radius 3 is 0.980 bits per heavy atom. The van der Waals surface area contributed by atoms with Crippen LogP contribution in [0.5, 0.6) is 0 Å². The monoisotopic (exact) mass is 1470 g/mol. The van der Waals surface area contributed by atoms with Gasteiger partial charge in [-0.25, -0.2) is 9.13 Å². The van der Waals surface area contributed by atoms with Gasteiger partial charge in [-0.1, -0.05) is 242 Å². The number of thioether (sulfide) groups is 2. The van der Waals surface area contributed by atoms with Gasteiger partial charge in [0.05, 0.1) is 52.9 Å². The molecular weight excluding hydrogens is 1380 g/mol. The third-order valence-electron chi connectivity index (χ3n) is 17.6. The topological polar surface area (TPSA) is 174 Å². The van der Waals surface area contributed by atoms with E-state index in [-0.39, 0.29) is 44.2 Å². The van der Waals surface area contributed by atoms with Crippen molar-refractivity contribution in [3.8, 4) is 0 Å². The minimum Gasteiger partial charge on any atom is -1.00 e. The Bertz CT molecular complexity index is 3740. The molecular formula is C78H92ClNaO16P2S2. The van der Waals surface area contributed by atoms with Crippen molar-refractivity contribution in [2.45, 2.75) is 187 Å². The molecule has 10 unspecified atom stereocenters. The van der Waals surface area contributed by atoms with E-state index in [1.807, 2.05) is 270 Å². The second kappa shape index (κ2) is 37.6. The fraction of sp³-hybridized carbons (Fsp3) is 0.385. The summed E-state index contributed by atoms with van der Waals surface area (Å²) >= 11 is 8.39. The van der Waals surface area contributed by atoms with E-state index in [0.29, 0.717) is 39.6 Å². The predicted molar refractivity (Wildman–Crippen MR) is 388 cm³/mol. The van der Waals surface area contributed by atoms with E-state index in [1.54, 1.807) is 27.7 Å². The van der Waals surface area contributed by atoms with E-state index < -0.39 is 96.9 Å². The van der Waals surface area contributed by atoms with Gasteiger partial charge in [-0.2, -0.15) is 0 Å². The minimum atomic E-state index is -4.10. The third-order valence-corrected chi connectivity index (χ3v) is 23.6. The van der Waals surface area contributed by atoms with Crippen molar-refractivity contribution in [1.82, 2.24) is 0 Å². The summed E-state index contributed by atoms with van der Waals surface area (Å²) in [6.45, 7) is 13.9. The Kier molecular flexibility index (Phi) is 30.0. The van der Waals surface area contributed by atoms with Crippen molar-refractivity contribution in [2.24, 2.45) is 0 Å². The maximum Gasteiger partial charge on any atom is 1.00 e. The van der Waals surface area contributed by atoms with Crippen LogP contribution in [0, 0.1) is 0 Å². The molecule has 22 heteroatoms. The molecule has 0 amide bonds. The van der Waals surface area contributed by atoms with Crippen LogP contribution in [0.2, 0.25) is 0 Å². The fourth-order valence-corrected chi connectivity index (χ4v) is 18.1. The van der Waals surface area contributed by atoms with Crippen LogP contribution in [0.15, 0.2) is 252 Å². The quantitative estimate of drug-likeness (QED) is 0.0400. The molecule has 4 fully saturated rings. The summed E-state index contributed by atoms with van der Waals surface area (Å²) in [6.07, 6.45) is -5.42. The second-order valence-corrected chi connectivity index (χ2v) is 32.6. The summed E-state index contributed by atoms with van der Waals surface area (Å²) < 4.78 is 106. The Morgan fingerprint density at radius 2 is 0.650 bits per heavy atom. The van der Waals surface area contributed by atoms with Crippen LogP contribution < -0.4 is 29.6 Å². The van der Waals surface area contributed by atoms with Crippen LogP contribution >= 0.6 is 49.5 Å². The van der Waals surface area contributed by atoms with Crippen molar-refractivity contribution < 1.29 is 106 Å². The van der Waals surface area contributed by atoms with Gasteiger partial charge in [0.25, 0.3) is 0 Å². The van der Waals surface area contributed by atoms with E-state index in [9.17, 15) is 14.2 Å². The van der Waals surface area contributed by atoms with Gasteiger partial charge in [0, 0.05) is 21.0 Å². The van der Waals surface area contributed by atoms with E-state index in [0.717, 1.165) is 43.2 Å². The van der Waals surface area contributed by atoms with Crippen LogP contribution in [0.1, 0.15) is 90.2 Å². The molecule has 4 heterocycles. The summed E-state index contributed by atoms with van der Waals surface area (Å²) in [5.74, 6) is 0. The standard InChI is InChI=1S/C39H45O8PS.C33H34O5S.C6H12ClO3P.Na.H/c1-38(2)39(3,4)47-48(40,46-38)45-36-35(43-27-31-21-13-7-14-22-31)34(42-26-30-19-11-6-12-20-30)33(28-41-25-29-17-9-5-10-18-29)44-37(36)49-32-23-15-8-16-24-32;34-30-32(37-23-27-17-9-3-10-18-27)31(36-22-26-15-7-2-8-16-26)29(24-35-21-25-13-5-1-6-14-25)38-33(30)39-28-19-11-4-12-20-28;1-5(2)6(3,4)10-11(7,8)9-5;;/h5-24,33-37H,25-28H2,1-4H3;1-20,29-34H,21-24H2;1-4H3;;/q;;;+1;-1. The van der Waals surface area contributed by atoms with E-state index in [2.05, 4.69) is 0 Å². The third kappa shape index (κ3) is 23.1. The molecule has 0 aliphatic carbocycles. The number of halogens is 1. The molecule has 530 valence electrons. The Labute approximate surface area is 626 Å². The van der Waals surface area contributed by atoms with Crippen molar-refractivity contribution in [2.75, 3.05) is 13.2 Å². The summed E-state index contributed by atoms with van der Waals surface area (Å²) in [4.78, 5) is 1.96. The first-order valence-electron chi connectivity index (χ1n) is 33.2. The van der Waals surface area contributed by atoms with Crippen molar-refractivity contribution in [3.63, 3.8) is 0 Å². The largest absolute Gasteiger partial charge is 1.00 e. The number of rotatable bonds is 26. The molecule has 8 aromatic rings. The zero-order chi connectivity index (χ0) is 69.9. The zero-order valence-corrected chi connectivity index (χ0v) is 64.4. The average Bonchev–Trinajstić information content (AvgIpc) is 1.65. The molecule has 0 spiro atoms. The molecule has 10 atom stereocenters. The molecule has 0 bridgehead atoms. The number of benzene rings is 8. The van der Waals surface area contributed by atoms with Crippen LogP contribution in [0.25, 0.3) is 0 Å². The van der Waals surface area contributed by atoms with Gasteiger partial charge < -0.3 is 44.4 Å². The number of hydrogen-bond acceptors (Lipinski definition) is 18. The van der Waals surface area contributed by atoms with Crippen LogP contribution in [-0.4, -0.2) is 100 Å². The van der Waals surface area contributed by atoms with Crippen LogP contribution in [0.4, 0.5) is 0 Å².